The number of amides is 1. The standard InChI is InChI=1S/C12H14N2O5/c1-5-12(3,4)13-10(15)9-8(7-18-14-9)19-11(16)17-6-2/h1,7H,6H2,2-4H3,(H,13,15). The number of nitrogens with zero attached hydrogens (tertiary/aromatic N) is 1. The van der Waals surface area contributed by atoms with Crippen LogP contribution in [-0.4, -0.2) is 29.4 Å². The second kappa shape index (κ2) is 5.91. The van der Waals surface area contributed by atoms with Crippen LogP contribution in [0.5, 0.6) is 5.75 Å². The van der Waals surface area contributed by atoms with Crippen molar-refractivity contribution in [3.63, 3.8) is 0 Å². The molecule has 1 amide bonds. The van der Waals surface area contributed by atoms with Gasteiger partial charge in [-0.25, -0.2) is 4.79 Å². The van der Waals surface area contributed by atoms with Gasteiger partial charge in [0.15, 0.2) is 6.26 Å². The average Bonchev–Trinajstić information content (AvgIpc) is 2.77. The summed E-state index contributed by atoms with van der Waals surface area (Å²) in [6.45, 7) is 5.04. The van der Waals surface area contributed by atoms with Crippen LogP contribution >= 0.6 is 0 Å². The van der Waals surface area contributed by atoms with E-state index in [0.29, 0.717) is 0 Å². The van der Waals surface area contributed by atoms with Crippen molar-refractivity contribution in [2.24, 2.45) is 0 Å². The van der Waals surface area contributed by atoms with E-state index in [1.165, 1.54) is 0 Å². The molecule has 0 aromatic carbocycles. The van der Waals surface area contributed by atoms with Crippen LogP contribution < -0.4 is 10.1 Å². The van der Waals surface area contributed by atoms with Crippen LogP contribution in [0.15, 0.2) is 10.8 Å². The van der Waals surface area contributed by atoms with Gasteiger partial charge in [-0.15, -0.1) is 6.42 Å². The van der Waals surface area contributed by atoms with Crippen LogP contribution in [0, 0.1) is 12.3 Å². The van der Waals surface area contributed by atoms with Crippen LogP contribution in [0.4, 0.5) is 4.79 Å². The minimum absolute atomic E-state index is 0.135. The third-order valence-electron chi connectivity index (χ3n) is 1.99. The first-order valence-electron chi connectivity index (χ1n) is 5.49. The molecule has 7 heteroatoms. The molecule has 0 saturated carbocycles. The van der Waals surface area contributed by atoms with E-state index in [1.807, 2.05) is 0 Å². The van der Waals surface area contributed by atoms with E-state index in [9.17, 15) is 9.59 Å². The van der Waals surface area contributed by atoms with E-state index in [0.717, 1.165) is 6.26 Å². The molecule has 0 aliphatic carbocycles. The minimum atomic E-state index is -0.948. The maximum Gasteiger partial charge on any atom is 0.514 e. The molecule has 102 valence electrons. The van der Waals surface area contributed by atoms with Gasteiger partial charge in [0.2, 0.25) is 11.4 Å². The van der Waals surface area contributed by atoms with Gasteiger partial charge in [0.05, 0.1) is 12.1 Å². The molecule has 1 aromatic rings. The third-order valence-corrected chi connectivity index (χ3v) is 1.99. The summed E-state index contributed by atoms with van der Waals surface area (Å²) in [5.74, 6) is 1.64. The Bertz CT molecular complexity index is 512. The zero-order valence-electron chi connectivity index (χ0n) is 10.9. The Morgan fingerprint density at radius 2 is 2.26 bits per heavy atom. The van der Waals surface area contributed by atoms with Gasteiger partial charge in [-0.3, -0.25) is 4.79 Å². The quantitative estimate of drug-likeness (QED) is 0.653. The van der Waals surface area contributed by atoms with Crippen LogP contribution in [0.2, 0.25) is 0 Å². The predicted octanol–water partition coefficient (Wildman–Crippen LogP) is 1.35. The molecule has 0 atom stereocenters. The summed E-state index contributed by atoms with van der Waals surface area (Å²) < 4.78 is 13.9. The lowest BCUT2D eigenvalue weighted by Gasteiger charge is -2.18. The highest BCUT2D eigenvalue weighted by Gasteiger charge is 2.25. The van der Waals surface area contributed by atoms with E-state index >= 15 is 0 Å². The number of carbonyl (C=O) groups is 2. The molecule has 7 nitrogen and oxygen atoms in total. The Kier molecular flexibility index (Phi) is 4.53. The average molecular weight is 266 g/mol. The van der Waals surface area contributed by atoms with Gasteiger partial charge < -0.3 is 19.3 Å². The molecular formula is C12H14N2O5. The van der Waals surface area contributed by atoms with Crippen molar-refractivity contribution in [3.8, 4) is 18.1 Å². The summed E-state index contributed by atoms with van der Waals surface area (Å²) in [5, 5.41) is 5.98. The second-order valence-corrected chi connectivity index (χ2v) is 4.04. The summed E-state index contributed by atoms with van der Waals surface area (Å²) in [6, 6.07) is 0. The lowest BCUT2D eigenvalue weighted by atomic mass is 10.1. The molecule has 0 radical (unpaired) electrons. The molecule has 0 fully saturated rings. The fraction of sp³-hybridized carbons (Fsp3) is 0.417. The monoisotopic (exact) mass is 266 g/mol. The van der Waals surface area contributed by atoms with Crippen molar-refractivity contribution in [2.45, 2.75) is 26.3 Å². The molecule has 1 rings (SSSR count). The van der Waals surface area contributed by atoms with Crippen LogP contribution in [-0.2, 0) is 4.74 Å². The highest BCUT2D eigenvalue weighted by Crippen LogP contribution is 2.18. The minimum Gasteiger partial charge on any atom is -0.434 e. The first-order valence-corrected chi connectivity index (χ1v) is 5.49. The van der Waals surface area contributed by atoms with E-state index in [2.05, 4.69) is 25.7 Å². The number of nitrogens with one attached hydrogen (secondary N) is 1. The SMILES string of the molecule is C#CC(C)(C)NC(=O)c1nocc1OC(=O)OCC. The van der Waals surface area contributed by atoms with E-state index in [1.54, 1.807) is 20.8 Å². The van der Waals surface area contributed by atoms with Crippen molar-refractivity contribution in [1.82, 2.24) is 10.5 Å². The molecule has 0 spiro atoms. The molecule has 1 heterocycles. The summed E-state index contributed by atoms with van der Waals surface area (Å²) in [4.78, 5) is 23.0. The van der Waals surface area contributed by atoms with Gasteiger partial charge in [-0.1, -0.05) is 11.1 Å². The maximum absolute atomic E-state index is 11.9. The number of aromatic nitrogens is 1. The number of hydrogen-bond acceptors (Lipinski definition) is 6. The summed E-state index contributed by atoms with van der Waals surface area (Å²) >= 11 is 0. The number of hydrogen-bond donors (Lipinski definition) is 1. The number of terminal acetylenes is 1. The summed E-state index contributed by atoms with van der Waals surface area (Å²) in [5.41, 5.74) is -1.05. The first kappa shape index (κ1) is 14.6. The fourth-order valence-electron chi connectivity index (χ4n) is 1.07. The Hall–Kier alpha value is -2.49. The predicted molar refractivity (Wildman–Crippen MR) is 64.5 cm³/mol. The topological polar surface area (TPSA) is 90.7 Å². The van der Waals surface area contributed by atoms with E-state index < -0.39 is 17.6 Å². The number of ether oxygens (including phenoxy) is 2. The molecule has 0 aliphatic rings. The Labute approximate surface area is 110 Å². The molecule has 0 aliphatic heterocycles. The molecule has 0 bridgehead atoms. The molecule has 19 heavy (non-hydrogen) atoms. The molecule has 1 N–H and O–H groups in total. The van der Waals surface area contributed by atoms with Gasteiger partial charge in [-0.05, 0) is 20.8 Å². The number of carbonyl (C=O) groups excluding carboxylic acids is 2. The van der Waals surface area contributed by atoms with Crippen molar-refractivity contribution >= 4 is 12.1 Å². The smallest absolute Gasteiger partial charge is 0.434 e. The van der Waals surface area contributed by atoms with Gasteiger partial charge in [0.25, 0.3) is 5.91 Å². The molecule has 0 saturated heterocycles. The van der Waals surface area contributed by atoms with Crippen LogP contribution in [0.1, 0.15) is 31.3 Å². The Morgan fingerprint density at radius 1 is 1.58 bits per heavy atom. The zero-order valence-corrected chi connectivity index (χ0v) is 10.9. The van der Waals surface area contributed by atoms with E-state index in [-0.39, 0.29) is 18.1 Å². The second-order valence-electron chi connectivity index (χ2n) is 4.04. The maximum atomic E-state index is 11.9. The van der Waals surface area contributed by atoms with Gasteiger partial charge >= 0.3 is 6.16 Å². The van der Waals surface area contributed by atoms with Crippen molar-refractivity contribution < 1.29 is 23.6 Å². The largest absolute Gasteiger partial charge is 0.514 e. The lowest BCUT2D eigenvalue weighted by molar-refractivity contribution is 0.0910. The normalized spacial score (nSPS) is 10.4. The molecule has 0 unspecified atom stereocenters. The van der Waals surface area contributed by atoms with Gasteiger partial charge in [0, 0.05) is 0 Å². The van der Waals surface area contributed by atoms with Crippen molar-refractivity contribution in [3.05, 3.63) is 12.0 Å². The third kappa shape index (κ3) is 4.03. The Balaban J connectivity index is 2.80. The molecular weight excluding hydrogens is 252 g/mol. The molecule has 1 aromatic heterocycles. The summed E-state index contributed by atoms with van der Waals surface area (Å²) in [7, 11) is 0. The first-order chi connectivity index (χ1) is 8.89. The number of rotatable bonds is 4. The summed E-state index contributed by atoms with van der Waals surface area (Å²) in [6.07, 6.45) is 5.33. The van der Waals surface area contributed by atoms with Crippen molar-refractivity contribution in [1.29, 1.82) is 0 Å². The highest BCUT2D eigenvalue weighted by molar-refractivity contribution is 5.95. The van der Waals surface area contributed by atoms with E-state index in [4.69, 9.17) is 11.2 Å². The van der Waals surface area contributed by atoms with Crippen LogP contribution in [0.25, 0.3) is 0 Å². The fourth-order valence-corrected chi connectivity index (χ4v) is 1.07. The lowest BCUT2D eigenvalue weighted by Crippen LogP contribution is -2.42. The Morgan fingerprint density at radius 3 is 2.84 bits per heavy atom. The van der Waals surface area contributed by atoms with Gasteiger partial charge in [-0.2, -0.15) is 0 Å². The zero-order chi connectivity index (χ0) is 14.5. The highest BCUT2D eigenvalue weighted by atomic mass is 16.7. The van der Waals surface area contributed by atoms with Crippen molar-refractivity contribution in [2.75, 3.05) is 6.61 Å². The van der Waals surface area contributed by atoms with Gasteiger partial charge in [0.1, 0.15) is 0 Å². The van der Waals surface area contributed by atoms with Crippen LogP contribution in [0.3, 0.4) is 0 Å².